The van der Waals surface area contributed by atoms with Crippen LogP contribution in [-0.2, 0) is 6.42 Å². The molecule has 0 atom stereocenters. The molecule has 7 heteroatoms. The van der Waals surface area contributed by atoms with Crippen molar-refractivity contribution in [3.05, 3.63) is 117 Å². The molecule has 0 aliphatic heterocycles. The number of aryl methyl sites for hydroxylation is 1. The maximum absolute atomic E-state index is 12.5. The number of carbonyl (C=O) groups excluding carboxylic acids is 1. The van der Waals surface area contributed by atoms with E-state index in [9.17, 15) is 9.59 Å². The summed E-state index contributed by atoms with van der Waals surface area (Å²) >= 11 is 7.37. The summed E-state index contributed by atoms with van der Waals surface area (Å²) < 4.78 is 1.33. The number of rotatable bonds is 7. The van der Waals surface area contributed by atoms with Gasteiger partial charge in [0.05, 0.1) is 5.69 Å². The van der Waals surface area contributed by atoms with Gasteiger partial charge in [-0.3, -0.25) is 9.59 Å². The molecule has 0 radical (unpaired) electrons. The highest BCUT2D eigenvalue weighted by atomic mass is 35.5. The summed E-state index contributed by atoms with van der Waals surface area (Å²) in [5.74, 6) is -0.152. The van der Waals surface area contributed by atoms with Crippen molar-refractivity contribution in [3.63, 3.8) is 0 Å². The lowest BCUT2D eigenvalue weighted by Gasteiger charge is -2.09. The number of benzene rings is 3. The minimum atomic E-state index is -0.245. The number of hydrogen-bond acceptors (Lipinski definition) is 4. The van der Waals surface area contributed by atoms with Crippen LogP contribution in [0.1, 0.15) is 21.5 Å². The Kier molecular flexibility index (Phi) is 7.27. The summed E-state index contributed by atoms with van der Waals surface area (Å²) in [7, 11) is 0. The smallest absolute Gasteiger partial charge is 0.271 e. The Morgan fingerprint density at radius 3 is 2.33 bits per heavy atom. The van der Waals surface area contributed by atoms with Gasteiger partial charge in [-0.2, -0.15) is 9.78 Å². The number of halogens is 1. The molecular formula is C26H22ClN3O2S. The summed E-state index contributed by atoms with van der Waals surface area (Å²) in [4.78, 5) is 25.8. The maximum Gasteiger partial charge on any atom is 0.271 e. The quantitative estimate of drug-likeness (QED) is 0.393. The topological polar surface area (TPSA) is 64.0 Å². The highest BCUT2D eigenvalue weighted by molar-refractivity contribution is 7.99. The Balaban J connectivity index is 1.41. The van der Waals surface area contributed by atoms with Crippen LogP contribution in [0.4, 0.5) is 0 Å². The van der Waals surface area contributed by atoms with Gasteiger partial charge >= 0.3 is 0 Å². The monoisotopic (exact) mass is 475 g/mol. The van der Waals surface area contributed by atoms with Gasteiger partial charge in [-0.25, -0.2) is 0 Å². The van der Waals surface area contributed by atoms with Gasteiger partial charge in [0.1, 0.15) is 5.03 Å². The Morgan fingerprint density at radius 2 is 1.64 bits per heavy atom. The first-order valence-electron chi connectivity index (χ1n) is 10.5. The summed E-state index contributed by atoms with van der Waals surface area (Å²) in [6, 6.07) is 25.7. The first kappa shape index (κ1) is 22.8. The third kappa shape index (κ3) is 6.12. The average molecular weight is 476 g/mol. The molecule has 0 fully saturated rings. The lowest BCUT2D eigenvalue weighted by Crippen LogP contribution is -2.26. The molecule has 0 aliphatic rings. The summed E-state index contributed by atoms with van der Waals surface area (Å²) in [6.07, 6.45) is 0.765. The van der Waals surface area contributed by atoms with E-state index in [1.54, 1.807) is 30.3 Å². The molecule has 4 rings (SSSR count). The van der Waals surface area contributed by atoms with Crippen molar-refractivity contribution in [1.29, 1.82) is 0 Å². The molecule has 0 aliphatic carbocycles. The molecule has 0 saturated heterocycles. The van der Waals surface area contributed by atoms with E-state index >= 15 is 0 Å². The zero-order valence-electron chi connectivity index (χ0n) is 18.0. The second kappa shape index (κ2) is 10.5. The molecule has 0 spiro atoms. The van der Waals surface area contributed by atoms with E-state index in [2.05, 4.69) is 34.7 Å². The lowest BCUT2D eigenvalue weighted by molar-refractivity contribution is 0.0954. The van der Waals surface area contributed by atoms with Gasteiger partial charge in [0.2, 0.25) is 0 Å². The second-order valence-electron chi connectivity index (χ2n) is 7.52. The molecule has 1 heterocycles. The number of nitrogens with one attached hydrogen (secondary N) is 1. The van der Waals surface area contributed by atoms with Gasteiger partial charge in [-0.05, 0) is 73.5 Å². The van der Waals surface area contributed by atoms with Crippen LogP contribution in [-0.4, -0.2) is 22.2 Å². The Bertz CT molecular complexity index is 1300. The Labute approximate surface area is 201 Å². The predicted octanol–water partition coefficient (Wildman–Crippen LogP) is 5.32. The lowest BCUT2D eigenvalue weighted by atomic mass is 10.1. The van der Waals surface area contributed by atoms with Gasteiger partial charge in [0.25, 0.3) is 11.5 Å². The highest BCUT2D eigenvalue weighted by Crippen LogP contribution is 2.26. The van der Waals surface area contributed by atoms with Crippen molar-refractivity contribution in [1.82, 2.24) is 15.1 Å². The van der Waals surface area contributed by atoms with E-state index < -0.39 is 0 Å². The van der Waals surface area contributed by atoms with Crippen molar-refractivity contribution in [2.75, 3.05) is 6.54 Å². The molecule has 0 unspecified atom stereocenters. The van der Waals surface area contributed by atoms with Crippen LogP contribution in [0.15, 0.2) is 99.6 Å². The molecule has 0 bridgehead atoms. The first-order chi connectivity index (χ1) is 16.0. The first-order valence-corrected chi connectivity index (χ1v) is 11.7. The molecule has 33 heavy (non-hydrogen) atoms. The van der Waals surface area contributed by atoms with E-state index in [1.807, 2.05) is 31.2 Å². The van der Waals surface area contributed by atoms with E-state index in [-0.39, 0.29) is 11.5 Å². The van der Waals surface area contributed by atoms with Crippen molar-refractivity contribution in [3.8, 4) is 5.69 Å². The third-order valence-corrected chi connectivity index (χ3v) is 6.19. The fourth-order valence-corrected chi connectivity index (χ4v) is 4.09. The summed E-state index contributed by atoms with van der Waals surface area (Å²) in [5, 5.41) is 8.73. The maximum atomic E-state index is 12.5. The van der Waals surface area contributed by atoms with Crippen LogP contribution < -0.4 is 10.9 Å². The van der Waals surface area contributed by atoms with E-state index in [4.69, 9.17) is 11.6 Å². The van der Waals surface area contributed by atoms with Crippen molar-refractivity contribution in [2.45, 2.75) is 23.3 Å². The largest absolute Gasteiger partial charge is 0.352 e. The number of carbonyl (C=O) groups is 1. The molecule has 4 aromatic rings. The molecule has 0 saturated carbocycles. The summed E-state index contributed by atoms with van der Waals surface area (Å²) in [6.45, 7) is 2.60. The Hall–Kier alpha value is -3.35. The van der Waals surface area contributed by atoms with Crippen LogP contribution in [0.5, 0.6) is 0 Å². The zero-order valence-corrected chi connectivity index (χ0v) is 19.6. The fraction of sp³-hybridized carbons (Fsp3) is 0.115. The van der Waals surface area contributed by atoms with Crippen LogP contribution in [0.3, 0.4) is 0 Å². The summed E-state index contributed by atoms with van der Waals surface area (Å²) in [5.41, 5.74) is 3.27. The molecule has 5 nitrogen and oxygen atoms in total. The minimum Gasteiger partial charge on any atom is -0.352 e. The average Bonchev–Trinajstić information content (AvgIpc) is 2.83. The Morgan fingerprint density at radius 1 is 0.939 bits per heavy atom. The number of aromatic nitrogens is 2. The minimum absolute atomic E-state index is 0.152. The SMILES string of the molecule is Cc1ccc(CCNC(=O)c2ccc(-n3nc(Sc4ccc(Cl)cc4)ccc3=O)cc2)cc1. The number of hydrogen-bond donors (Lipinski definition) is 1. The van der Waals surface area contributed by atoms with E-state index in [1.165, 1.54) is 33.6 Å². The predicted molar refractivity (Wildman–Crippen MR) is 133 cm³/mol. The molecule has 1 N–H and O–H groups in total. The van der Waals surface area contributed by atoms with E-state index in [0.29, 0.717) is 27.8 Å². The van der Waals surface area contributed by atoms with Crippen LogP contribution in [0, 0.1) is 6.92 Å². The molecule has 166 valence electrons. The number of amides is 1. The number of nitrogens with zero attached hydrogens (tertiary/aromatic N) is 2. The van der Waals surface area contributed by atoms with Gasteiger partial charge in [-0.15, -0.1) is 0 Å². The fourth-order valence-electron chi connectivity index (χ4n) is 3.19. The van der Waals surface area contributed by atoms with Crippen LogP contribution >= 0.6 is 23.4 Å². The second-order valence-corrected chi connectivity index (χ2v) is 9.05. The molecule has 3 aromatic carbocycles. The van der Waals surface area contributed by atoms with Gasteiger partial charge < -0.3 is 5.32 Å². The van der Waals surface area contributed by atoms with Gasteiger partial charge in [0.15, 0.2) is 0 Å². The van der Waals surface area contributed by atoms with Crippen molar-refractivity contribution in [2.24, 2.45) is 0 Å². The zero-order chi connectivity index (χ0) is 23.2. The van der Waals surface area contributed by atoms with Gasteiger partial charge in [0, 0.05) is 28.1 Å². The van der Waals surface area contributed by atoms with Crippen molar-refractivity contribution < 1.29 is 4.79 Å². The third-order valence-electron chi connectivity index (χ3n) is 5.01. The van der Waals surface area contributed by atoms with Crippen LogP contribution in [0.25, 0.3) is 5.69 Å². The highest BCUT2D eigenvalue weighted by Gasteiger charge is 2.09. The normalized spacial score (nSPS) is 10.7. The van der Waals surface area contributed by atoms with Crippen molar-refractivity contribution >= 4 is 29.3 Å². The van der Waals surface area contributed by atoms with Gasteiger partial charge in [-0.1, -0.05) is 53.2 Å². The molecule has 1 aromatic heterocycles. The van der Waals surface area contributed by atoms with Crippen LogP contribution in [0.2, 0.25) is 5.02 Å². The van der Waals surface area contributed by atoms with E-state index in [0.717, 1.165) is 11.3 Å². The standard InChI is InChI=1S/C26H22ClN3O2S/c1-18-2-4-19(5-3-18)16-17-28-26(32)20-6-10-22(11-7-20)30-25(31)15-14-24(29-30)33-23-12-8-21(27)9-13-23/h2-15H,16-17H2,1H3,(H,28,32). The molecule has 1 amide bonds. The molecular weight excluding hydrogens is 454 g/mol.